The highest BCUT2D eigenvalue weighted by molar-refractivity contribution is 5.21. The highest BCUT2D eigenvalue weighted by Gasteiger charge is 2.01. The summed E-state index contributed by atoms with van der Waals surface area (Å²) in [5, 5.41) is 5.00. The molecule has 190 valence electrons. The Kier molecular flexibility index (Phi) is 28.6. The van der Waals surface area contributed by atoms with Crippen molar-refractivity contribution < 1.29 is 35.4 Å². The highest BCUT2D eigenvalue weighted by Crippen LogP contribution is 2.08. The van der Waals surface area contributed by atoms with Gasteiger partial charge in [0.25, 0.3) is 0 Å². The second kappa shape index (κ2) is 27.0. The van der Waals surface area contributed by atoms with E-state index in [9.17, 15) is 0 Å². The Balaban J connectivity index is 0. The molecule has 0 heterocycles. The lowest BCUT2D eigenvalue weighted by atomic mass is 10.1. The minimum Gasteiger partial charge on any atom is -1.00 e. The van der Waals surface area contributed by atoms with Gasteiger partial charge in [-0.2, -0.15) is 0 Å². The van der Waals surface area contributed by atoms with Crippen LogP contribution in [0.25, 0.3) is 0 Å². The molecule has 0 aliphatic carbocycles. The van der Waals surface area contributed by atoms with E-state index in [4.69, 9.17) is 0 Å². The van der Waals surface area contributed by atoms with Crippen molar-refractivity contribution in [3.05, 3.63) is 35.4 Å². The third-order valence-corrected chi connectivity index (χ3v) is 6.28. The highest BCUT2D eigenvalue weighted by atomic mass is 35.5. The zero-order valence-corrected chi connectivity index (χ0v) is 22.9. The Morgan fingerprint density at radius 1 is 0.500 bits per heavy atom. The topological polar surface area (TPSA) is 33.2 Å². The Hall–Kier alpha value is -0.280. The molecule has 2 nitrogen and oxygen atoms in total. The molecule has 4 heteroatoms. The van der Waals surface area contributed by atoms with Crippen LogP contribution in [0.15, 0.2) is 24.3 Å². The predicted molar refractivity (Wildman–Crippen MR) is 133 cm³/mol. The zero-order valence-electron chi connectivity index (χ0n) is 21.4. The lowest BCUT2D eigenvalue weighted by molar-refractivity contribution is -0.671. The molecule has 0 saturated heterocycles. The van der Waals surface area contributed by atoms with Gasteiger partial charge in [-0.05, 0) is 31.7 Å². The zero-order chi connectivity index (χ0) is 21.5. The van der Waals surface area contributed by atoms with Gasteiger partial charge in [-0.3, -0.25) is 0 Å². The second-order valence-electron chi connectivity index (χ2n) is 9.33. The monoisotopic (exact) mass is 488 g/mol. The molecular formula is C28H54Cl2N2. The summed E-state index contributed by atoms with van der Waals surface area (Å²) in [6.45, 7) is 9.43. The predicted octanol–water partition coefficient (Wildman–Crippen LogP) is 0.103. The summed E-state index contributed by atoms with van der Waals surface area (Å²) in [4.78, 5) is 0. The van der Waals surface area contributed by atoms with Gasteiger partial charge in [0.1, 0.15) is 13.1 Å². The second-order valence-corrected chi connectivity index (χ2v) is 9.33. The van der Waals surface area contributed by atoms with E-state index in [0.717, 1.165) is 13.1 Å². The fourth-order valence-electron chi connectivity index (χ4n) is 4.27. The van der Waals surface area contributed by atoms with Gasteiger partial charge in [-0.1, -0.05) is 109 Å². The molecule has 0 aliphatic heterocycles. The van der Waals surface area contributed by atoms with E-state index in [1.54, 1.807) is 0 Å². The number of nitrogens with two attached hydrogens (primary N) is 2. The summed E-state index contributed by atoms with van der Waals surface area (Å²) in [6.07, 6.45) is 22.6. The lowest BCUT2D eigenvalue weighted by Crippen LogP contribution is -3.00. The first-order chi connectivity index (χ1) is 14.9. The summed E-state index contributed by atoms with van der Waals surface area (Å²) in [7, 11) is 0. The molecule has 0 unspecified atom stereocenters. The van der Waals surface area contributed by atoms with Gasteiger partial charge in [0, 0.05) is 11.1 Å². The van der Waals surface area contributed by atoms with Crippen LogP contribution in [0.1, 0.15) is 128 Å². The number of halogens is 2. The molecule has 0 radical (unpaired) electrons. The minimum atomic E-state index is 0. The van der Waals surface area contributed by atoms with E-state index in [2.05, 4.69) is 48.7 Å². The van der Waals surface area contributed by atoms with Gasteiger partial charge >= 0.3 is 0 Å². The fraction of sp³-hybridized carbons (Fsp3) is 0.786. The first-order valence-electron chi connectivity index (χ1n) is 13.6. The van der Waals surface area contributed by atoms with E-state index in [0.29, 0.717) is 0 Å². The average Bonchev–Trinajstić information content (AvgIpc) is 2.76. The number of hydrogen-bond donors (Lipinski definition) is 2. The van der Waals surface area contributed by atoms with Gasteiger partial charge in [-0.25, -0.2) is 0 Å². The SMILES string of the molecule is CCCCCCCCCC[NH2+]Cc1cccc(C[NH2+]CCCCCCCCCC)c1.[Cl-].[Cl-]. The Morgan fingerprint density at radius 3 is 1.22 bits per heavy atom. The molecule has 0 atom stereocenters. The summed E-state index contributed by atoms with van der Waals surface area (Å²) in [6, 6.07) is 9.27. The third-order valence-electron chi connectivity index (χ3n) is 6.28. The molecule has 0 fully saturated rings. The van der Waals surface area contributed by atoms with Gasteiger partial charge in [0.15, 0.2) is 0 Å². The number of rotatable bonds is 22. The van der Waals surface area contributed by atoms with Crippen LogP contribution in [-0.4, -0.2) is 13.1 Å². The summed E-state index contributed by atoms with van der Waals surface area (Å²) in [5.74, 6) is 0. The molecule has 1 aromatic carbocycles. The van der Waals surface area contributed by atoms with Crippen LogP contribution < -0.4 is 35.4 Å². The molecule has 4 N–H and O–H groups in total. The van der Waals surface area contributed by atoms with Crippen molar-refractivity contribution >= 4 is 0 Å². The number of hydrogen-bond acceptors (Lipinski definition) is 0. The number of quaternary nitrogens is 2. The maximum atomic E-state index is 2.50. The van der Waals surface area contributed by atoms with Crippen molar-refractivity contribution in [2.75, 3.05) is 13.1 Å². The van der Waals surface area contributed by atoms with E-state index in [1.165, 1.54) is 127 Å². The van der Waals surface area contributed by atoms with Crippen LogP contribution in [0, 0.1) is 0 Å². The van der Waals surface area contributed by atoms with Crippen LogP contribution in [0.5, 0.6) is 0 Å². The Labute approximate surface area is 213 Å². The fourth-order valence-corrected chi connectivity index (χ4v) is 4.27. The molecule has 0 amide bonds. The van der Waals surface area contributed by atoms with Gasteiger partial charge in [0.2, 0.25) is 0 Å². The molecule has 1 aromatic rings. The number of benzene rings is 1. The van der Waals surface area contributed by atoms with Gasteiger partial charge < -0.3 is 35.4 Å². The minimum absolute atomic E-state index is 0. The van der Waals surface area contributed by atoms with Crippen molar-refractivity contribution in [1.29, 1.82) is 0 Å². The first kappa shape index (κ1) is 33.9. The van der Waals surface area contributed by atoms with Crippen LogP contribution in [-0.2, 0) is 13.1 Å². The molecule has 0 aliphatic rings. The smallest absolute Gasteiger partial charge is 0.101 e. The van der Waals surface area contributed by atoms with Crippen molar-refractivity contribution in [2.45, 2.75) is 130 Å². The molecule has 32 heavy (non-hydrogen) atoms. The largest absolute Gasteiger partial charge is 1.00 e. The lowest BCUT2D eigenvalue weighted by Gasteiger charge is -2.06. The number of unbranched alkanes of at least 4 members (excludes halogenated alkanes) is 14. The van der Waals surface area contributed by atoms with E-state index >= 15 is 0 Å². The maximum absolute atomic E-state index is 2.50. The average molecular weight is 490 g/mol. The summed E-state index contributed by atoms with van der Waals surface area (Å²) in [5.41, 5.74) is 2.99. The molecule has 0 saturated carbocycles. The van der Waals surface area contributed by atoms with Crippen molar-refractivity contribution in [3.63, 3.8) is 0 Å². The van der Waals surface area contributed by atoms with Gasteiger partial charge in [-0.15, -0.1) is 0 Å². The van der Waals surface area contributed by atoms with Crippen LogP contribution in [0.2, 0.25) is 0 Å². The maximum Gasteiger partial charge on any atom is 0.101 e. The third kappa shape index (κ3) is 21.6. The molecule has 1 rings (SSSR count). The van der Waals surface area contributed by atoms with Crippen LogP contribution in [0.4, 0.5) is 0 Å². The van der Waals surface area contributed by atoms with Crippen LogP contribution in [0.3, 0.4) is 0 Å². The molecule has 0 bridgehead atoms. The Bertz CT molecular complexity index is 443. The normalized spacial score (nSPS) is 10.6. The van der Waals surface area contributed by atoms with Crippen molar-refractivity contribution in [1.82, 2.24) is 0 Å². The van der Waals surface area contributed by atoms with Crippen molar-refractivity contribution in [2.24, 2.45) is 0 Å². The quantitative estimate of drug-likeness (QED) is 0.217. The summed E-state index contributed by atoms with van der Waals surface area (Å²) < 4.78 is 0. The molecule has 0 spiro atoms. The first-order valence-corrected chi connectivity index (χ1v) is 13.6. The molecular weight excluding hydrogens is 435 g/mol. The Morgan fingerprint density at radius 2 is 0.844 bits per heavy atom. The summed E-state index contributed by atoms with van der Waals surface area (Å²) >= 11 is 0. The van der Waals surface area contributed by atoms with E-state index in [-0.39, 0.29) is 24.8 Å². The van der Waals surface area contributed by atoms with E-state index < -0.39 is 0 Å². The van der Waals surface area contributed by atoms with Crippen molar-refractivity contribution in [3.8, 4) is 0 Å². The molecule has 0 aromatic heterocycles. The van der Waals surface area contributed by atoms with E-state index in [1.807, 2.05) is 0 Å². The van der Waals surface area contributed by atoms with Crippen LogP contribution >= 0.6 is 0 Å². The van der Waals surface area contributed by atoms with Gasteiger partial charge in [0.05, 0.1) is 13.1 Å². The standard InChI is InChI=1S/C28H52N2.2ClH/c1-3-5-7-9-11-13-15-17-22-29-25-27-20-19-21-28(24-27)26-30-23-18-16-14-12-10-8-6-4-2;;/h19-21,24,29-30H,3-18,22-23,25-26H2,1-2H3;2*1H.